The Morgan fingerprint density at radius 2 is 1.77 bits per heavy atom. The molecule has 0 aromatic heterocycles. The number of hydrogen-bond acceptors (Lipinski definition) is 3. The highest BCUT2D eigenvalue weighted by atomic mass is 15.3. The maximum Gasteiger partial charge on any atom is 0.193 e. The van der Waals surface area contributed by atoms with E-state index in [1.165, 1.54) is 58.4 Å². The predicted octanol–water partition coefficient (Wildman–Crippen LogP) is 2.74. The molecule has 1 atom stereocenters. The van der Waals surface area contributed by atoms with Gasteiger partial charge in [0.05, 0.1) is 6.54 Å². The quantitative estimate of drug-likeness (QED) is 0.556. The lowest BCUT2D eigenvalue weighted by Gasteiger charge is -2.37. The van der Waals surface area contributed by atoms with Crippen molar-refractivity contribution >= 4 is 5.96 Å². The lowest BCUT2D eigenvalue weighted by atomic mass is 9.83. The van der Waals surface area contributed by atoms with Crippen LogP contribution in [0.1, 0.15) is 53.4 Å². The molecule has 0 aromatic rings. The lowest BCUT2D eigenvalue weighted by molar-refractivity contribution is 0.109. The van der Waals surface area contributed by atoms with Crippen molar-refractivity contribution < 1.29 is 0 Å². The van der Waals surface area contributed by atoms with E-state index >= 15 is 0 Å². The van der Waals surface area contributed by atoms with Gasteiger partial charge in [0.25, 0.3) is 0 Å². The maximum absolute atomic E-state index is 4.98. The molecule has 1 N–H and O–H groups in total. The van der Waals surface area contributed by atoms with E-state index in [0.29, 0.717) is 6.04 Å². The summed E-state index contributed by atoms with van der Waals surface area (Å²) in [6.07, 6.45) is 5.55. The van der Waals surface area contributed by atoms with Gasteiger partial charge in [0.15, 0.2) is 5.96 Å². The molecule has 2 fully saturated rings. The average molecular weight is 366 g/mol. The number of likely N-dealkylation sites (N-methyl/N-ethyl adjacent to an activating group) is 1. The van der Waals surface area contributed by atoms with Crippen LogP contribution >= 0.6 is 0 Å². The fourth-order valence-corrected chi connectivity index (χ4v) is 4.31. The average Bonchev–Trinajstić information content (AvgIpc) is 2.66. The van der Waals surface area contributed by atoms with Gasteiger partial charge in [0, 0.05) is 52.4 Å². The number of aliphatic imine (C=N–C) groups is 1. The summed E-state index contributed by atoms with van der Waals surface area (Å²) in [5.74, 6) is 2.84. The molecule has 5 heteroatoms. The van der Waals surface area contributed by atoms with Gasteiger partial charge >= 0.3 is 0 Å². The summed E-state index contributed by atoms with van der Waals surface area (Å²) >= 11 is 0. The third kappa shape index (κ3) is 6.73. The van der Waals surface area contributed by atoms with Crippen molar-refractivity contribution in [3.8, 4) is 0 Å². The van der Waals surface area contributed by atoms with Crippen molar-refractivity contribution in [1.29, 1.82) is 0 Å². The molecule has 1 heterocycles. The van der Waals surface area contributed by atoms with Crippen LogP contribution in [0.3, 0.4) is 0 Å². The number of hydrogen-bond donors (Lipinski definition) is 1. The molecule has 1 saturated heterocycles. The molecule has 1 aliphatic carbocycles. The largest absolute Gasteiger partial charge is 0.357 e. The van der Waals surface area contributed by atoms with E-state index in [4.69, 9.17) is 4.99 Å². The fraction of sp³-hybridized carbons (Fsp3) is 0.952. The van der Waals surface area contributed by atoms with Crippen LogP contribution in [0.4, 0.5) is 0 Å². The Hall–Kier alpha value is -0.810. The highest BCUT2D eigenvalue weighted by Crippen LogP contribution is 2.28. The smallest absolute Gasteiger partial charge is 0.193 e. The topological polar surface area (TPSA) is 34.1 Å². The number of nitrogens with one attached hydrogen (secondary N) is 1. The van der Waals surface area contributed by atoms with E-state index in [0.717, 1.165) is 37.4 Å². The molecule has 26 heavy (non-hydrogen) atoms. The zero-order chi connectivity index (χ0) is 18.9. The number of rotatable bonds is 7. The van der Waals surface area contributed by atoms with Crippen molar-refractivity contribution in [3.63, 3.8) is 0 Å². The SMILES string of the molecule is CCNC(=NCC(C)N1CCN(CC)CC1)N(C)CC1CCC(C)CC1. The Balaban J connectivity index is 1.82. The Morgan fingerprint density at radius 1 is 1.12 bits per heavy atom. The van der Waals surface area contributed by atoms with E-state index in [9.17, 15) is 0 Å². The minimum Gasteiger partial charge on any atom is -0.357 e. The normalized spacial score (nSPS) is 27.3. The molecular formula is C21H43N5. The monoisotopic (exact) mass is 365 g/mol. The van der Waals surface area contributed by atoms with Crippen LogP contribution in [-0.4, -0.2) is 86.1 Å². The van der Waals surface area contributed by atoms with Gasteiger partial charge < -0.3 is 15.1 Å². The minimum absolute atomic E-state index is 0.520. The minimum atomic E-state index is 0.520. The molecule has 2 rings (SSSR count). The van der Waals surface area contributed by atoms with Gasteiger partial charge in [-0.1, -0.05) is 26.7 Å². The molecule has 0 radical (unpaired) electrons. The van der Waals surface area contributed by atoms with Crippen LogP contribution in [0, 0.1) is 11.8 Å². The summed E-state index contributed by atoms with van der Waals surface area (Å²) in [6, 6.07) is 0.520. The standard InChI is InChI=1S/C21H43N5/c1-6-22-21(24(5)17-20-10-8-18(3)9-11-20)23-16-19(4)26-14-12-25(7-2)13-15-26/h18-20H,6-17H2,1-5H3,(H,22,23). The summed E-state index contributed by atoms with van der Waals surface area (Å²) in [5.41, 5.74) is 0. The molecule has 0 spiro atoms. The van der Waals surface area contributed by atoms with Crippen LogP contribution in [0.25, 0.3) is 0 Å². The first-order chi connectivity index (χ1) is 12.5. The molecule has 1 aliphatic heterocycles. The second kappa shape index (κ2) is 11.1. The number of nitrogens with zero attached hydrogens (tertiary/aromatic N) is 4. The molecule has 1 unspecified atom stereocenters. The highest BCUT2D eigenvalue weighted by molar-refractivity contribution is 5.79. The summed E-state index contributed by atoms with van der Waals surface area (Å²) in [6.45, 7) is 18.1. The second-order valence-electron chi connectivity index (χ2n) is 8.52. The molecule has 0 amide bonds. The molecule has 152 valence electrons. The van der Waals surface area contributed by atoms with Crippen molar-refractivity contribution in [3.05, 3.63) is 0 Å². The van der Waals surface area contributed by atoms with Crippen LogP contribution in [0.5, 0.6) is 0 Å². The van der Waals surface area contributed by atoms with E-state index in [2.05, 4.69) is 54.8 Å². The third-order valence-corrected chi connectivity index (χ3v) is 6.35. The van der Waals surface area contributed by atoms with Crippen LogP contribution in [0.15, 0.2) is 4.99 Å². The zero-order valence-corrected chi connectivity index (χ0v) is 18.0. The van der Waals surface area contributed by atoms with E-state index in [-0.39, 0.29) is 0 Å². The van der Waals surface area contributed by atoms with Gasteiger partial charge in [-0.3, -0.25) is 9.89 Å². The number of piperazine rings is 1. The highest BCUT2D eigenvalue weighted by Gasteiger charge is 2.22. The van der Waals surface area contributed by atoms with Gasteiger partial charge in [0.2, 0.25) is 0 Å². The van der Waals surface area contributed by atoms with Crippen LogP contribution < -0.4 is 5.32 Å². The first-order valence-corrected chi connectivity index (χ1v) is 11.0. The molecule has 5 nitrogen and oxygen atoms in total. The van der Waals surface area contributed by atoms with E-state index in [1.807, 2.05) is 0 Å². The molecule has 0 bridgehead atoms. The van der Waals surface area contributed by atoms with Crippen molar-refractivity contribution in [1.82, 2.24) is 20.0 Å². The Labute approximate surface area is 162 Å². The zero-order valence-electron chi connectivity index (χ0n) is 18.0. The molecular weight excluding hydrogens is 322 g/mol. The fourth-order valence-electron chi connectivity index (χ4n) is 4.31. The van der Waals surface area contributed by atoms with Crippen LogP contribution in [0.2, 0.25) is 0 Å². The van der Waals surface area contributed by atoms with Crippen molar-refractivity contribution in [2.45, 2.75) is 59.4 Å². The van der Waals surface area contributed by atoms with Gasteiger partial charge in [-0.2, -0.15) is 0 Å². The predicted molar refractivity (Wildman–Crippen MR) is 113 cm³/mol. The summed E-state index contributed by atoms with van der Waals surface area (Å²) in [5, 5.41) is 3.50. The van der Waals surface area contributed by atoms with Crippen molar-refractivity contribution in [2.24, 2.45) is 16.8 Å². The van der Waals surface area contributed by atoms with E-state index in [1.54, 1.807) is 0 Å². The Bertz CT molecular complexity index is 409. The summed E-state index contributed by atoms with van der Waals surface area (Å²) < 4.78 is 0. The molecule has 1 saturated carbocycles. The Morgan fingerprint density at radius 3 is 2.35 bits per heavy atom. The Kier molecular flexibility index (Phi) is 9.20. The first kappa shape index (κ1) is 21.5. The molecule has 0 aromatic carbocycles. The first-order valence-electron chi connectivity index (χ1n) is 11.0. The van der Waals surface area contributed by atoms with Gasteiger partial charge in [-0.05, 0) is 45.1 Å². The summed E-state index contributed by atoms with van der Waals surface area (Å²) in [4.78, 5) is 12.5. The lowest BCUT2D eigenvalue weighted by Crippen LogP contribution is -2.50. The second-order valence-corrected chi connectivity index (χ2v) is 8.52. The number of guanidine groups is 1. The van der Waals surface area contributed by atoms with E-state index < -0.39 is 0 Å². The summed E-state index contributed by atoms with van der Waals surface area (Å²) in [7, 11) is 2.21. The van der Waals surface area contributed by atoms with Gasteiger partial charge in [-0.25, -0.2) is 0 Å². The third-order valence-electron chi connectivity index (χ3n) is 6.35. The maximum atomic E-state index is 4.98. The van der Waals surface area contributed by atoms with Gasteiger partial charge in [-0.15, -0.1) is 0 Å². The molecule has 2 aliphatic rings. The van der Waals surface area contributed by atoms with Crippen molar-refractivity contribution in [2.75, 3.05) is 59.4 Å². The van der Waals surface area contributed by atoms with Crippen LogP contribution in [-0.2, 0) is 0 Å². The van der Waals surface area contributed by atoms with Gasteiger partial charge in [0.1, 0.15) is 0 Å².